The van der Waals surface area contributed by atoms with Crippen LogP contribution in [0.25, 0.3) is 0 Å². The smallest absolute Gasteiger partial charge is 0.264 e. The van der Waals surface area contributed by atoms with Crippen LogP contribution in [-0.2, 0) is 0 Å². The normalized spacial score (nSPS) is 15.6. The molecular formula is C13H18ClNOS. The highest BCUT2D eigenvalue weighted by Gasteiger charge is 2.29. The molecule has 0 aliphatic heterocycles. The first kappa shape index (κ1) is 12.9. The van der Waals surface area contributed by atoms with Crippen LogP contribution in [0.3, 0.4) is 0 Å². The van der Waals surface area contributed by atoms with Crippen molar-refractivity contribution in [2.24, 2.45) is 0 Å². The molecule has 0 aromatic carbocycles. The van der Waals surface area contributed by atoms with E-state index < -0.39 is 0 Å². The molecule has 0 spiro atoms. The van der Waals surface area contributed by atoms with Crippen LogP contribution >= 0.6 is 22.9 Å². The number of thiophene rings is 1. The van der Waals surface area contributed by atoms with Gasteiger partial charge in [0.05, 0.1) is 4.88 Å². The van der Waals surface area contributed by atoms with E-state index in [1.54, 1.807) is 11.3 Å². The van der Waals surface area contributed by atoms with Crippen molar-refractivity contribution >= 4 is 28.8 Å². The van der Waals surface area contributed by atoms with Gasteiger partial charge in [-0.2, -0.15) is 0 Å². The van der Waals surface area contributed by atoms with Crippen molar-refractivity contribution in [1.29, 1.82) is 0 Å². The van der Waals surface area contributed by atoms with Gasteiger partial charge in [-0.15, -0.1) is 22.9 Å². The zero-order valence-corrected chi connectivity index (χ0v) is 11.7. The Morgan fingerprint density at radius 3 is 2.76 bits per heavy atom. The molecule has 4 heteroatoms. The number of rotatable bonds is 5. The van der Waals surface area contributed by atoms with Crippen LogP contribution in [0.1, 0.15) is 40.2 Å². The molecule has 1 saturated carbocycles. The molecule has 1 aromatic heterocycles. The van der Waals surface area contributed by atoms with Gasteiger partial charge in [-0.25, -0.2) is 0 Å². The molecule has 94 valence electrons. The van der Waals surface area contributed by atoms with Gasteiger partial charge in [-0.1, -0.05) is 0 Å². The maximum absolute atomic E-state index is 12.4. The van der Waals surface area contributed by atoms with Gasteiger partial charge in [0.15, 0.2) is 0 Å². The van der Waals surface area contributed by atoms with Gasteiger partial charge in [0, 0.05) is 23.3 Å². The number of amides is 1. The van der Waals surface area contributed by atoms with Crippen LogP contribution in [-0.4, -0.2) is 29.3 Å². The summed E-state index contributed by atoms with van der Waals surface area (Å²) in [6, 6.07) is 4.40. The average molecular weight is 272 g/mol. The molecule has 17 heavy (non-hydrogen) atoms. The van der Waals surface area contributed by atoms with Gasteiger partial charge in [-0.3, -0.25) is 4.79 Å². The summed E-state index contributed by atoms with van der Waals surface area (Å²) in [6.45, 7) is 2.83. The number of carbonyl (C=O) groups is 1. The number of carbonyl (C=O) groups excluding carboxylic acids is 1. The maximum Gasteiger partial charge on any atom is 0.264 e. The molecule has 1 aliphatic carbocycles. The van der Waals surface area contributed by atoms with Crippen LogP contribution in [0.5, 0.6) is 0 Å². The zero-order valence-electron chi connectivity index (χ0n) is 10.1. The summed E-state index contributed by atoms with van der Waals surface area (Å²) >= 11 is 7.32. The Balaban J connectivity index is 2.06. The van der Waals surface area contributed by atoms with Gasteiger partial charge in [0.25, 0.3) is 5.91 Å². The molecule has 0 unspecified atom stereocenters. The summed E-state index contributed by atoms with van der Waals surface area (Å²) in [4.78, 5) is 16.5. The molecular weight excluding hydrogens is 254 g/mol. The van der Waals surface area contributed by atoms with Gasteiger partial charge >= 0.3 is 0 Å². The summed E-state index contributed by atoms with van der Waals surface area (Å²) in [6.07, 6.45) is 4.43. The van der Waals surface area contributed by atoms with Crippen LogP contribution < -0.4 is 0 Å². The fourth-order valence-corrected chi connectivity index (χ4v) is 3.01. The molecule has 2 rings (SSSR count). The molecule has 0 N–H and O–H groups in total. The molecule has 0 bridgehead atoms. The van der Waals surface area contributed by atoms with E-state index in [-0.39, 0.29) is 5.91 Å². The van der Waals surface area contributed by atoms with Gasteiger partial charge < -0.3 is 4.90 Å². The lowest BCUT2D eigenvalue weighted by atomic mass is 9.91. The molecule has 1 amide bonds. The molecule has 1 aliphatic rings. The summed E-state index contributed by atoms with van der Waals surface area (Å²) in [5.41, 5.74) is 0. The lowest BCUT2D eigenvalue weighted by Crippen LogP contribution is -2.44. The summed E-state index contributed by atoms with van der Waals surface area (Å²) in [7, 11) is 0. The van der Waals surface area contributed by atoms with E-state index in [2.05, 4.69) is 0 Å². The monoisotopic (exact) mass is 271 g/mol. The Morgan fingerprint density at radius 1 is 1.53 bits per heavy atom. The highest BCUT2D eigenvalue weighted by Crippen LogP contribution is 2.28. The third-order valence-corrected chi connectivity index (χ3v) is 4.52. The molecule has 0 atom stereocenters. The minimum absolute atomic E-state index is 0.193. The predicted molar refractivity (Wildman–Crippen MR) is 73.1 cm³/mol. The van der Waals surface area contributed by atoms with Crippen LogP contribution in [0.4, 0.5) is 0 Å². The van der Waals surface area contributed by atoms with Gasteiger partial charge in [0.1, 0.15) is 0 Å². The predicted octanol–water partition coefficient (Wildman–Crippen LogP) is 3.68. The largest absolute Gasteiger partial charge is 0.335 e. The lowest BCUT2D eigenvalue weighted by molar-refractivity contribution is 0.0586. The van der Waals surface area contributed by atoms with Crippen molar-refractivity contribution in [3.05, 3.63) is 21.9 Å². The number of hydrogen-bond acceptors (Lipinski definition) is 2. The highest BCUT2D eigenvalue weighted by molar-refractivity contribution is 7.13. The first-order chi connectivity index (χ1) is 8.22. The summed E-state index contributed by atoms with van der Waals surface area (Å²) < 4.78 is 0. The first-order valence-electron chi connectivity index (χ1n) is 6.15. The van der Waals surface area contributed by atoms with E-state index in [0.717, 1.165) is 30.7 Å². The van der Waals surface area contributed by atoms with E-state index in [1.807, 2.05) is 24.0 Å². The van der Waals surface area contributed by atoms with Crippen LogP contribution in [0, 0.1) is 6.92 Å². The Kier molecular flexibility index (Phi) is 4.46. The second-order valence-corrected chi connectivity index (χ2v) is 6.20. The second-order valence-electron chi connectivity index (χ2n) is 4.54. The Morgan fingerprint density at radius 2 is 2.29 bits per heavy atom. The molecule has 2 nitrogen and oxygen atoms in total. The Hall–Kier alpha value is -0.540. The van der Waals surface area contributed by atoms with Crippen molar-refractivity contribution in [1.82, 2.24) is 4.90 Å². The topological polar surface area (TPSA) is 20.3 Å². The lowest BCUT2D eigenvalue weighted by Gasteiger charge is -2.37. The van der Waals surface area contributed by atoms with Crippen molar-refractivity contribution in [2.75, 3.05) is 12.4 Å². The van der Waals surface area contributed by atoms with Crippen LogP contribution in [0.15, 0.2) is 12.1 Å². The van der Waals surface area contributed by atoms with Crippen molar-refractivity contribution in [3.63, 3.8) is 0 Å². The maximum atomic E-state index is 12.4. The molecule has 1 heterocycles. The van der Waals surface area contributed by atoms with E-state index in [0.29, 0.717) is 11.9 Å². The standard InChI is InChI=1S/C13H18ClNOS/c1-10-6-7-12(17-10)13(16)15(9-3-8-14)11-4-2-5-11/h6-7,11H,2-5,8-9H2,1H3. The zero-order chi connectivity index (χ0) is 12.3. The van der Waals surface area contributed by atoms with Crippen LogP contribution in [0.2, 0.25) is 0 Å². The van der Waals surface area contributed by atoms with E-state index >= 15 is 0 Å². The fraction of sp³-hybridized carbons (Fsp3) is 0.615. The Labute approximate surface area is 112 Å². The SMILES string of the molecule is Cc1ccc(C(=O)N(CCCCl)C2CCC2)s1. The van der Waals surface area contributed by atoms with Gasteiger partial charge in [-0.05, 0) is 44.7 Å². The second kappa shape index (κ2) is 5.87. The first-order valence-corrected chi connectivity index (χ1v) is 7.51. The van der Waals surface area contributed by atoms with E-state index in [4.69, 9.17) is 11.6 Å². The fourth-order valence-electron chi connectivity index (χ4n) is 2.07. The molecule has 0 radical (unpaired) electrons. The number of halogens is 1. The quantitative estimate of drug-likeness (QED) is 0.748. The van der Waals surface area contributed by atoms with E-state index in [1.165, 1.54) is 11.3 Å². The number of hydrogen-bond donors (Lipinski definition) is 0. The van der Waals surface area contributed by atoms with Crippen molar-refractivity contribution < 1.29 is 4.79 Å². The molecule has 1 aromatic rings. The van der Waals surface area contributed by atoms with E-state index in [9.17, 15) is 4.79 Å². The Bertz CT molecular complexity index is 387. The van der Waals surface area contributed by atoms with Crippen molar-refractivity contribution in [3.8, 4) is 0 Å². The van der Waals surface area contributed by atoms with Crippen molar-refractivity contribution in [2.45, 2.75) is 38.6 Å². The average Bonchev–Trinajstić information content (AvgIpc) is 2.67. The highest BCUT2D eigenvalue weighted by atomic mass is 35.5. The third kappa shape index (κ3) is 3.02. The third-order valence-electron chi connectivity index (χ3n) is 3.26. The summed E-state index contributed by atoms with van der Waals surface area (Å²) in [5.74, 6) is 0.817. The summed E-state index contributed by atoms with van der Waals surface area (Å²) in [5, 5.41) is 0. The number of alkyl halides is 1. The minimum Gasteiger partial charge on any atom is -0.335 e. The van der Waals surface area contributed by atoms with Gasteiger partial charge in [0.2, 0.25) is 0 Å². The molecule has 1 fully saturated rings. The number of aryl methyl sites for hydroxylation is 1. The minimum atomic E-state index is 0.193. The number of nitrogens with zero attached hydrogens (tertiary/aromatic N) is 1. The molecule has 0 saturated heterocycles.